The lowest BCUT2D eigenvalue weighted by Crippen LogP contribution is -2.34. The smallest absolute Gasteiger partial charge is 0.125 e. The van der Waals surface area contributed by atoms with Gasteiger partial charge in [-0.2, -0.15) is 0 Å². The number of hydrogen-bond acceptors (Lipinski definition) is 3. The molecule has 0 spiro atoms. The Morgan fingerprint density at radius 3 is 2.33 bits per heavy atom. The second-order valence-electron chi connectivity index (χ2n) is 5.69. The van der Waals surface area contributed by atoms with Crippen LogP contribution in [-0.2, 0) is 0 Å². The maximum absolute atomic E-state index is 5.98. The molecule has 0 amide bonds. The fourth-order valence-electron chi connectivity index (χ4n) is 2.08. The zero-order chi connectivity index (χ0) is 13.9. The molecule has 0 aliphatic heterocycles. The van der Waals surface area contributed by atoms with E-state index in [1.165, 1.54) is 16.8 Å². The van der Waals surface area contributed by atoms with E-state index in [-0.39, 0.29) is 5.54 Å². The Morgan fingerprint density at radius 2 is 1.83 bits per heavy atom. The molecule has 0 unspecified atom stereocenters. The van der Waals surface area contributed by atoms with Gasteiger partial charge in [0, 0.05) is 17.8 Å². The van der Waals surface area contributed by atoms with Crippen LogP contribution in [0, 0.1) is 20.8 Å². The Labute approximate surface area is 111 Å². The van der Waals surface area contributed by atoms with Crippen molar-refractivity contribution >= 4 is 5.69 Å². The molecule has 0 saturated carbocycles. The van der Waals surface area contributed by atoms with Crippen LogP contribution in [0.3, 0.4) is 0 Å². The highest BCUT2D eigenvalue weighted by Gasteiger charge is 2.12. The van der Waals surface area contributed by atoms with Crippen molar-refractivity contribution in [2.45, 2.75) is 46.6 Å². The maximum Gasteiger partial charge on any atom is 0.125 e. The minimum absolute atomic E-state index is 0.128. The first-order valence-electron chi connectivity index (χ1n) is 6.44. The first-order chi connectivity index (χ1) is 8.26. The summed E-state index contributed by atoms with van der Waals surface area (Å²) in [5.74, 6) is 0.984. The van der Waals surface area contributed by atoms with Gasteiger partial charge in [-0.1, -0.05) is 0 Å². The Bertz CT molecular complexity index is 419. The number of methoxy groups -OCH3 is 1. The quantitative estimate of drug-likeness (QED) is 0.844. The van der Waals surface area contributed by atoms with Gasteiger partial charge in [-0.05, 0) is 63.8 Å². The molecule has 0 radical (unpaired) electrons. The summed E-state index contributed by atoms with van der Waals surface area (Å²) >= 11 is 0. The lowest BCUT2D eigenvalue weighted by molar-refractivity contribution is 0.408. The van der Waals surface area contributed by atoms with Crippen LogP contribution in [0.5, 0.6) is 5.75 Å². The highest BCUT2D eigenvalue weighted by Crippen LogP contribution is 2.31. The van der Waals surface area contributed by atoms with Crippen LogP contribution in [0.15, 0.2) is 6.07 Å². The summed E-state index contributed by atoms with van der Waals surface area (Å²) in [6.45, 7) is 11.3. The molecule has 1 aromatic carbocycles. The normalized spacial score (nSPS) is 11.5. The van der Waals surface area contributed by atoms with Crippen molar-refractivity contribution in [2.24, 2.45) is 5.73 Å². The molecule has 0 saturated heterocycles. The van der Waals surface area contributed by atoms with E-state index >= 15 is 0 Å². The highest BCUT2D eigenvalue weighted by molar-refractivity contribution is 5.61. The molecule has 0 atom stereocenters. The second kappa shape index (κ2) is 5.61. The van der Waals surface area contributed by atoms with E-state index in [4.69, 9.17) is 10.5 Å². The molecule has 3 N–H and O–H groups in total. The lowest BCUT2D eigenvalue weighted by Gasteiger charge is -2.21. The van der Waals surface area contributed by atoms with E-state index in [0.717, 1.165) is 24.3 Å². The summed E-state index contributed by atoms with van der Waals surface area (Å²) in [6, 6.07) is 2.14. The summed E-state index contributed by atoms with van der Waals surface area (Å²) in [4.78, 5) is 0. The van der Waals surface area contributed by atoms with E-state index in [0.29, 0.717) is 0 Å². The summed E-state index contributed by atoms with van der Waals surface area (Å²) < 4.78 is 5.42. The lowest BCUT2D eigenvalue weighted by atomic mass is 10.0. The summed E-state index contributed by atoms with van der Waals surface area (Å²) in [5.41, 5.74) is 10.6. The third-order valence-electron chi connectivity index (χ3n) is 3.32. The maximum atomic E-state index is 5.98. The Kier molecular flexibility index (Phi) is 4.63. The molecule has 1 aromatic rings. The third kappa shape index (κ3) is 3.64. The van der Waals surface area contributed by atoms with Crippen LogP contribution < -0.4 is 15.8 Å². The number of nitrogens with two attached hydrogens (primary N) is 1. The van der Waals surface area contributed by atoms with Crippen molar-refractivity contribution in [3.05, 3.63) is 22.8 Å². The zero-order valence-electron chi connectivity index (χ0n) is 12.5. The number of nitrogens with one attached hydrogen (secondary N) is 1. The van der Waals surface area contributed by atoms with Gasteiger partial charge in [0.15, 0.2) is 0 Å². The summed E-state index contributed by atoms with van der Waals surface area (Å²) in [6.07, 6.45) is 0.941. The highest BCUT2D eigenvalue weighted by atomic mass is 16.5. The topological polar surface area (TPSA) is 47.3 Å². The van der Waals surface area contributed by atoms with Crippen molar-refractivity contribution in [3.8, 4) is 5.75 Å². The Morgan fingerprint density at radius 1 is 1.22 bits per heavy atom. The van der Waals surface area contributed by atoms with Gasteiger partial charge >= 0.3 is 0 Å². The average Bonchev–Trinajstić information content (AvgIpc) is 2.24. The standard InChI is InChI=1S/C15H26N2O/c1-10-9-13(17-8-7-15(4,5)16)11(2)12(3)14(10)18-6/h9,17H,7-8,16H2,1-6H3. The molecule has 3 heteroatoms. The molecule has 0 heterocycles. The Hall–Kier alpha value is -1.22. The number of anilines is 1. The molecule has 0 bridgehead atoms. The number of aryl methyl sites for hydroxylation is 1. The number of ether oxygens (including phenoxy) is 1. The monoisotopic (exact) mass is 250 g/mol. The van der Waals surface area contributed by atoms with Crippen molar-refractivity contribution < 1.29 is 4.74 Å². The van der Waals surface area contributed by atoms with Gasteiger partial charge in [-0.25, -0.2) is 0 Å². The molecule has 1 rings (SSSR count). The van der Waals surface area contributed by atoms with E-state index < -0.39 is 0 Å². The van der Waals surface area contributed by atoms with Gasteiger partial charge in [0.1, 0.15) is 5.75 Å². The van der Waals surface area contributed by atoms with Gasteiger partial charge in [0.2, 0.25) is 0 Å². The van der Waals surface area contributed by atoms with Crippen LogP contribution in [0.4, 0.5) is 5.69 Å². The third-order valence-corrected chi connectivity index (χ3v) is 3.32. The van der Waals surface area contributed by atoms with Crippen molar-refractivity contribution in [2.75, 3.05) is 19.0 Å². The van der Waals surface area contributed by atoms with Crippen molar-refractivity contribution in [1.29, 1.82) is 0 Å². The molecule has 3 nitrogen and oxygen atoms in total. The van der Waals surface area contributed by atoms with Crippen molar-refractivity contribution in [1.82, 2.24) is 0 Å². The molecular formula is C15H26N2O. The summed E-state index contributed by atoms with van der Waals surface area (Å²) in [5, 5.41) is 3.47. The first-order valence-corrected chi connectivity index (χ1v) is 6.44. The number of hydrogen-bond donors (Lipinski definition) is 2. The van der Waals surface area contributed by atoms with Gasteiger partial charge in [0.25, 0.3) is 0 Å². The molecule has 18 heavy (non-hydrogen) atoms. The zero-order valence-corrected chi connectivity index (χ0v) is 12.5. The molecule has 0 aromatic heterocycles. The molecule has 0 fully saturated rings. The van der Waals surface area contributed by atoms with Crippen LogP contribution in [0.2, 0.25) is 0 Å². The molecular weight excluding hydrogens is 224 g/mol. The molecule has 102 valence electrons. The van der Waals surface area contributed by atoms with E-state index in [9.17, 15) is 0 Å². The minimum Gasteiger partial charge on any atom is -0.496 e. The fraction of sp³-hybridized carbons (Fsp3) is 0.600. The number of rotatable bonds is 5. The van der Waals surface area contributed by atoms with Crippen LogP contribution >= 0.6 is 0 Å². The first kappa shape index (κ1) is 14.8. The van der Waals surface area contributed by atoms with E-state index in [2.05, 4.69) is 32.2 Å². The average molecular weight is 250 g/mol. The van der Waals surface area contributed by atoms with Gasteiger partial charge in [0.05, 0.1) is 7.11 Å². The van der Waals surface area contributed by atoms with Gasteiger partial charge < -0.3 is 15.8 Å². The molecule has 0 aliphatic carbocycles. The van der Waals surface area contributed by atoms with Gasteiger partial charge in [-0.15, -0.1) is 0 Å². The summed E-state index contributed by atoms with van der Waals surface area (Å²) in [7, 11) is 1.72. The van der Waals surface area contributed by atoms with E-state index in [1.54, 1.807) is 7.11 Å². The fourth-order valence-corrected chi connectivity index (χ4v) is 2.08. The van der Waals surface area contributed by atoms with Crippen LogP contribution in [-0.4, -0.2) is 19.2 Å². The SMILES string of the molecule is COc1c(C)cc(NCCC(C)(C)N)c(C)c1C. The van der Waals surface area contributed by atoms with Gasteiger partial charge in [-0.3, -0.25) is 0 Å². The van der Waals surface area contributed by atoms with Crippen LogP contribution in [0.25, 0.3) is 0 Å². The second-order valence-corrected chi connectivity index (χ2v) is 5.69. The Balaban J connectivity index is 2.85. The predicted molar refractivity (Wildman–Crippen MR) is 78.6 cm³/mol. The van der Waals surface area contributed by atoms with Crippen LogP contribution in [0.1, 0.15) is 37.0 Å². The minimum atomic E-state index is -0.128. The van der Waals surface area contributed by atoms with Crippen molar-refractivity contribution in [3.63, 3.8) is 0 Å². The molecule has 0 aliphatic rings. The van der Waals surface area contributed by atoms with E-state index in [1.807, 2.05) is 13.8 Å². The number of benzene rings is 1. The predicted octanol–water partition coefficient (Wildman–Crippen LogP) is 3.16. The largest absolute Gasteiger partial charge is 0.496 e.